The SMILES string of the molecule is O=C(NCCCCl)c1c(F)cc(Br)cc1F. The Labute approximate surface area is 105 Å². The second-order valence-corrected chi connectivity index (χ2v) is 4.34. The highest BCUT2D eigenvalue weighted by Crippen LogP contribution is 2.19. The summed E-state index contributed by atoms with van der Waals surface area (Å²) in [6.45, 7) is 0.289. The van der Waals surface area contributed by atoms with Gasteiger partial charge in [0.05, 0.1) is 0 Å². The molecule has 6 heteroatoms. The predicted molar refractivity (Wildman–Crippen MR) is 61.7 cm³/mol. The van der Waals surface area contributed by atoms with Gasteiger partial charge < -0.3 is 5.32 Å². The first-order chi connectivity index (χ1) is 7.56. The number of hydrogen-bond donors (Lipinski definition) is 1. The van der Waals surface area contributed by atoms with Crippen LogP contribution in [-0.2, 0) is 0 Å². The first-order valence-corrected chi connectivity index (χ1v) is 5.87. The average Bonchev–Trinajstić information content (AvgIpc) is 2.16. The van der Waals surface area contributed by atoms with Crippen molar-refractivity contribution in [3.8, 4) is 0 Å². The zero-order valence-electron chi connectivity index (χ0n) is 8.20. The van der Waals surface area contributed by atoms with Crippen LogP contribution in [0.4, 0.5) is 8.78 Å². The van der Waals surface area contributed by atoms with Crippen molar-refractivity contribution in [3.05, 3.63) is 33.8 Å². The normalized spacial score (nSPS) is 10.2. The van der Waals surface area contributed by atoms with Crippen molar-refractivity contribution in [2.45, 2.75) is 6.42 Å². The fraction of sp³-hybridized carbons (Fsp3) is 0.300. The number of carbonyl (C=O) groups is 1. The third-order valence-electron chi connectivity index (χ3n) is 1.83. The number of hydrogen-bond acceptors (Lipinski definition) is 1. The summed E-state index contributed by atoms with van der Waals surface area (Å²) in [7, 11) is 0. The molecule has 0 aromatic heterocycles. The molecule has 0 heterocycles. The summed E-state index contributed by atoms with van der Waals surface area (Å²) in [5.74, 6) is -2.18. The van der Waals surface area contributed by atoms with Gasteiger partial charge in [-0.2, -0.15) is 0 Å². The van der Waals surface area contributed by atoms with Crippen LogP contribution in [0.15, 0.2) is 16.6 Å². The van der Waals surface area contributed by atoms with Crippen molar-refractivity contribution in [2.24, 2.45) is 0 Å². The molecule has 1 aromatic carbocycles. The molecule has 0 aliphatic heterocycles. The van der Waals surface area contributed by atoms with Crippen LogP contribution in [0, 0.1) is 11.6 Å². The standard InChI is InChI=1S/C10H9BrClF2NO/c11-6-4-7(13)9(8(14)5-6)10(16)15-3-1-2-12/h4-5H,1-3H2,(H,15,16). The van der Waals surface area contributed by atoms with Crippen LogP contribution >= 0.6 is 27.5 Å². The molecule has 0 atom stereocenters. The van der Waals surface area contributed by atoms with Gasteiger partial charge in [0.1, 0.15) is 17.2 Å². The fourth-order valence-corrected chi connectivity index (χ4v) is 1.65. The van der Waals surface area contributed by atoms with Crippen molar-refractivity contribution < 1.29 is 13.6 Å². The number of carbonyl (C=O) groups excluding carboxylic acids is 1. The van der Waals surface area contributed by atoms with E-state index in [2.05, 4.69) is 21.2 Å². The monoisotopic (exact) mass is 311 g/mol. The summed E-state index contributed by atoms with van der Waals surface area (Å²) in [5.41, 5.74) is -0.572. The van der Waals surface area contributed by atoms with Crippen molar-refractivity contribution in [1.82, 2.24) is 5.32 Å². The van der Waals surface area contributed by atoms with E-state index < -0.39 is 23.1 Å². The molecule has 0 fully saturated rings. The van der Waals surface area contributed by atoms with Gasteiger partial charge in [-0.3, -0.25) is 4.79 Å². The number of halogens is 4. The first-order valence-electron chi connectivity index (χ1n) is 4.55. The van der Waals surface area contributed by atoms with Crippen molar-refractivity contribution >= 4 is 33.4 Å². The van der Waals surface area contributed by atoms with E-state index in [1.165, 1.54) is 0 Å². The Bertz CT molecular complexity index is 377. The molecule has 2 nitrogen and oxygen atoms in total. The van der Waals surface area contributed by atoms with Crippen LogP contribution in [0.5, 0.6) is 0 Å². The maximum atomic E-state index is 13.3. The molecule has 0 bridgehead atoms. The van der Waals surface area contributed by atoms with E-state index >= 15 is 0 Å². The number of rotatable bonds is 4. The quantitative estimate of drug-likeness (QED) is 0.672. The molecule has 1 aromatic rings. The minimum absolute atomic E-state index is 0.250. The van der Waals surface area contributed by atoms with Crippen LogP contribution in [0.1, 0.15) is 16.8 Å². The van der Waals surface area contributed by atoms with E-state index in [4.69, 9.17) is 11.6 Å². The molecule has 0 saturated heterocycles. The highest BCUT2D eigenvalue weighted by Gasteiger charge is 2.17. The molecule has 0 aliphatic carbocycles. The maximum absolute atomic E-state index is 13.3. The van der Waals surface area contributed by atoms with Gasteiger partial charge in [0.2, 0.25) is 0 Å². The molecular weight excluding hydrogens is 303 g/mol. The van der Waals surface area contributed by atoms with E-state index in [1.54, 1.807) is 0 Å². The highest BCUT2D eigenvalue weighted by atomic mass is 79.9. The zero-order valence-corrected chi connectivity index (χ0v) is 10.5. The van der Waals surface area contributed by atoms with Gasteiger partial charge >= 0.3 is 0 Å². The van der Waals surface area contributed by atoms with E-state index in [0.29, 0.717) is 12.3 Å². The Hall–Kier alpha value is -0.680. The van der Waals surface area contributed by atoms with Crippen LogP contribution < -0.4 is 5.32 Å². The van der Waals surface area contributed by atoms with Gasteiger partial charge in [-0.1, -0.05) is 15.9 Å². The lowest BCUT2D eigenvalue weighted by molar-refractivity contribution is 0.0945. The fourth-order valence-electron chi connectivity index (χ4n) is 1.12. The third kappa shape index (κ3) is 3.42. The van der Waals surface area contributed by atoms with Crippen LogP contribution in [-0.4, -0.2) is 18.3 Å². The van der Waals surface area contributed by atoms with E-state index in [9.17, 15) is 13.6 Å². The summed E-state index contributed by atoms with van der Waals surface area (Å²) < 4.78 is 26.9. The molecule has 16 heavy (non-hydrogen) atoms. The molecule has 0 unspecified atom stereocenters. The van der Waals surface area contributed by atoms with Gasteiger partial charge in [0.25, 0.3) is 5.91 Å². The first kappa shape index (κ1) is 13.4. The lowest BCUT2D eigenvalue weighted by atomic mass is 10.2. The van der Waals surface area contributed by atoms with Crippen molar-refractivity contribution in [1.29, 1.82) is 0 Å². The number of alkyl halides is 1. The minimum atomic E-state index is -0.893. The van der Waals surface area contributed by atoms with Gasteiger partial charge in [0, 0.05) is 16.9 Å². The summed E-state index contributed by atoms with van der Waals surface area (Å²) >= 11 is 8.34. The maximum Gasteiger partial charge on any atom is 0.257 e. The topological polar surface area (TPSA) is 29.1 Å². The molecule has 0 radical (unpaired) electrons. The molecule has 1 N–H and O–H groups in total. The van der Waals surface area contributed by atoms with Crippen LogP contribution in [0.25, 0.3) is 0 Å². The van der Waals surface area contributed by atoms with E-state index in [1.807, 2.05) is 0 Å². The number of amides is 1. The molecule has 0 aliphatic rings. The van der Waals surface area contributed by atoms with E-state index in [-0.39, 0.29) is 11.0 Å². The summed E-state index contributed by atoms with van der Waals surface area (Å²) in [6, 6.07) is 2.08. The molecule has 0 saturated carbocycles. The van der Waals surface area contributed by atoms with Crippen LogP contribution in [0.2, 0.25) is 0 Å². The third-order valence-corrected chi connectivity index (χ3v) is 2.56. The Kier molecular flexibility index (Phi) is 5.15. The van der Waals surface area contributed by atoms with Gasteiger partial charge in [-0.25, -0.2) is 8.78 Å². The number of benzene rings is 1. The molecule has 0 spiro atoms. The Morgan fingerprint density at radius 1 is 1.38 bits per heavy atom. The van der Waals surface area contributed by atoms with Gasteiger partial charge in [-0.15, -0.1) is 11.6 Å². The van der Waals surface area contributed by atoms with Gasteiger partial charge in [0.15, 0.2) is 0 Å². The average molecular weight is 313 g/mol. The lowest BCUT2D eigenvalue weighted by Crippen LogP contribution is -2.26. The Balaban J connectivity index is 2.83. The van der Waals surface area contributed by atoms with Crippen LogP contribution in [0.3, 0.4) is 0 Å². The minimum Gasteiger partial charge on any atom is -0.352 e. The Morgan fingerprint density at radius 3 is 2.44 bits per heavy atom. The molecular formula is C10H9BrClF2NO. The zero-order chi connectivity index (χ0) is 12.1. The Morgan fingerprint density at radius 2 is 1.94 bits per heavy atom. The van der Waals surface area contributed by atoms with Gasteiger partial charge in [-0.05, 0) is 18.6 Å². The molecule has 1 rings (SSSR count). The molecule has 88 valence electrons. The van der Waals surface area contributed by atoms with Crippen molar-refractivity contribution in [3.63, 3.8) is 0 Å². The number of nitrogens with one attached hydrogen (secondary N) is 1. The van der Waals surface area contributed by atoms with Crippen molar-refractivity contribution in [2.75, 3.05) is 12.4 Å². The second kappa shape index (κ2) is 6.15. The second-order valence-electron chi connectivity index (χ2n) is 3.04. The highest BCUT2D eigenvalue weighted by molar-refractivity contribution is 9.10. The summed E-state index contributed by atoms with van der Waals surface area (Å²) in [4.78, 5) is 11.4. The summed E-state index contributed by atoms with van der Waals surface area (Å²) in [5, 5.41) is 2.38. The molecule has 1 amide bonds. The predicted octanol–water partition coefficient (Wildman–Crippen LogP) is 3.09. The smallest absolute Gasteiger partial charge is 0.257 e. The lowest BCUT2D eigenvalue weighted by Gasteiger charge is -2.06. The largest absolute Gasteiger partial charge is 0.352 e. The summed E-state index contributed by atoms with van der Waals surface area (Å²) in [6.07, 6.45) is 0.549. The van der Waals surface area contributed by atoms with E-state index in [0.717, 1.165) is 12.1 Å².